The van der Waals surface area contributed by atoms with Gasteiger partial charge in [-0.2, -0.15) is 5.26 Å². The Kier molecular flexibility index (Phi) is 7.92. The Bertz CT molecular complexity index is 1120. The molecule has 1 aromatic heterocycles. The molecule has 32 heavy (non-hydrogen) atoms. The molecule has 0 unspecified atom stereocenters. The number of carbonyl (C=O) groups is 2. The second kappa shape index (κ2) is 10.8. The largest absolute Gasteiger partial charge is 0.326 e. The van der Waals surface area contributed by atoms with Crippen molar-refractivity contribution in [3.8, 4) is 16.6 Å². The van der Waals surface area contributed by atoms with Crippen LogP contribution in [0, 0.1) is 17.2 Å². The summed E-state index contributed by atoms with van der Waals surface area (Å²) in [6, 6.07) is 14.8. The maximum atomic E-state index is 12.9. The van der Waals surface area contributed by atoms with Gasteiger partial charge in [0.25, 0.3) is 0 Å². The molecule has 10 heteroatoms. The van der Waals surface area contributed by atoms with Gasteiger partial charge < -0.3 is 10.6 Å². The molecule has 0 spiro atoms. The van der Waals surface area contributed by atoms with Crippen molar-refractivity contribution >= 4 is 50.0 Å². The molecule has 0 saturated heterocycles. The van der Waals surface area contributed by atoms with Crippen molar-refractivity contribution in [2.75, 3.05) is 10.6 Å². The quantitative estimate of drug-likeness (QED) is 0.410. The van der Waals surface area contributed by atoms with E-state index < -0.39 is 12.1 Å². The van der Waals surface area contributed by atoms with Crippen molar-refractivity contribution < 1.29 is 9.59 Å². The summed E-state index contributed by atoms with van der Waals surface area (Å²) in [4.78, 5) is 25.4. The number of benzene rings is 2. The summed E-state index contributed by atoms with van der Waals surface area (Å²) in [5, 5.41) is 26.3. The van der Waals surface area contributed by atoms with Gasteiger partial charge in [0, 0.05) is 15.7 Å². The number of nitriles is 1. The van der Waals surface area contributed by atoms with E-state index in [1.54, 1.807) is 24.3 Å². The van der Waals surface area contributed by atoms with Crippen LogP contribution < -0.4 is 16.0 Å². The average Bonchev–Trinajstić information content (AvgIpc) is 3.26. The Morgan fingerprint density at radius 1 is 1.09 bits per heavy atom. The lowest BCUT2D eigenvalue weighted by Crippen LogP contribution is -2.49. The number of rotatable bonds is 7. The van der Waals surface area contributed by atoms with Gasteiger partial charge in [-0.05, 0) is 42.3 Å². The monoisotopic (exact) mass is 512 g/mol. The molecule has 0 saturated carbocycles. The molecule has 164 valence electrons. The molecule has 0 aliphatic heterocycles. The van der Waals surface area contributed by atoms with Crippen LogP contribution in [0.5, 0.6) is 0 Å². The van der Waals surface area contributed by atoms with E-state index in [-0.39, 0.29) is 11.8 Å². The second-order valence-electron chi connectivity index (χ2n) is 7.06. The highest BCUT2D eigenvalue weighted by atomic mass is 79.9. The summed E-state index contributed by atoms with van der Waals surface area (Å²) in [5.41, 5.74) is 1.91. The van der Waals surface area contributed by atoms with E-state index in [0.717, 1.165) is 10.0 Å². The molecule has 0 fully saturated rings. The molecule has 3 N–H and O–H groups in total. The first kappa shape index (κ1) is 23.4. The summed E-state index contributed by atoms with van der Waals surface area (Å²) in [7, 11) is 0. The van der Waals surface area contributed by atoms with Crippen LogP contribution in [0.2, 0.25) is 0 Å². The third-order valence-corrected chi connectivity index (χ3v) is 6.22. The number of urea groups is 1. The zero-order valence-electron chi connectivity index (χ0n) is 17.4. The first-order valence-corrected chi connectivity index (χ1v) is 11.5. The predicted octanol–water partition coefficient (Wildman–Crippen LogP) is 5.01. The first-order chi connectivity index (χ1) is 15.4. The number of nitrogens with zero attached hydrogens (tertiary/aromatic N) is 3. The zero-order valence-corrected chi connectivity index (χ0v) is 19.8. The number of nitrogens with one attached hydrogen (secondary N) is 3. The third kappa shape index (κ3) is 6.12. The van der Waals surface area contributed by atoms with Crippen LogP contribution >= 0.6 is 27.3 Å². The lowest BCUT2D eigenvalue weighted by Gasteiger charge is -2.23. The first-order valence-electron chi connectivity index (χ1n) is 9.87. The van der Waals surface area contributed by atoms with Gasteiger partial charge in [0.05, 0.1) is 11.6 Å². The lowest BCUT2D eigenvalue weighted by atomic mass is 9.98. The van der Waals surface area contributed by atoms with E-state index in [0.29, 0.717) is 27.8 Å². The lowest BCUT2D eigenvalue weighted by molar-refractivity contribution is -0.119. The van der Waals surface area contributed by atoms with Gasteiger partial charge in [0.2, 0.25) is 11.0 Å². The summed E-state index contributed by atoms with van der Waals surface area (Å²) < 4.78 is 0.959. The van der Waals surface area contributed by atoms with Crippen molar-refractivity contribution in [3.05, 3.63) is 58.6 Å². The highest BCUT2D eigenvalue weighted by Gasteiger charge is 2.27. The topological polar surface area (TPSA) is 120 Å². The molecule has 1 heterocycles. The van der Waals surface area contributed by atoms with Crippen LogP contribution in [0.3, 0.4) is 0 Å². The van der Waals surface area contributed by atoms with Crippen LogP contribution in [0.1, 0.15) is 25.8 Å². The maximum absolute atomic E-state index is 12.9. The molecule has 3 aromatic rings. The SMILES string of the molecule is CC[C@@H](C)[C@H](NC(=O)Nc1ccc(C#N)cc1)C(=O)Nc1nnc(-c2ccc(Br)cc2)s1. The Hall–Kier alpha value is -3.29. The molecule has 0 aliphatic carbocycles. The fraction of sp³-hybridized carbons (Fsp3) is 0.227. The molecule has 2 aromatic carbocycles. The summed E-state index contributed by atoms with van der Waals surface area (Å²) in [6.45, 7) is 3.83. The Labute approximate surface area is 198 Å². The van der Waals surface area contributed by atoms with Gasteiger partial charge in [-0.25, -0.2) is 4.79 Å². The molecule has 0 bridgehead atoms. The number of anilines is 2. The fourth-order valence-electron chi connectivity index (χ4n) is 2.80. The average molecular weight is 513 g/mol. The van der Waals surface area contributed by atoms with E-state index >= 15 is 0 Å². The number of hydrogen-bond donors (Lipinski definition) is 3. The van der Waals surface area contributed by atoms with Crippen molar-refractivity contribution in [1.82, 2.24) is 15.5 Å². The third-order valence-electron chi connectivity index (χ3n) is 4.80. The Morgan fingerprint density at radius 2 is 1.78 bits per heavy atom. The Morgan fingerprint density at radius 3 is 2.41 bits per heavy atom. The van der Waals surface area contributed by atoms with Crippen molar-refractivity contribution in [2.24, 2.45) is 5.92 Å². The zero-order chi connectivity index (χ0) is 23.1. The predicted molar refractivity (Wildman–Crippen MR) is 128 cm³/mol. The van der Waals surface area contributed by atoms with Gasteiger partial charge >= 0.3 is 6.03 Å². The molecule has 3 rings (SSSR count). The number of carbonyl (C=O) groups excluding carboxylic acids is 2. The summed E-state index contributed by atoms with van der Waals surface area (Å²) in [5.74, 6) is -0.478. The van der Waals surface area contributed by atoms with Crippen LogP contribution in [-0.4, -0.2) is 28.2 Å². The standard InChI is InChI=1S/C22H21BrN6O2S/c1-3-13(2)18(26-21(31)25-17-10-4-14(12-24)5-11-17)19(30)27-22-29-28-20(32-22)15-6-8-16(23)9-7-15/h4-11,13,18H,3H2,1-2H3,(H2,25,26,31)(H,27,29,30)/t13-,18+/m1/s1. The van der Waals surface area contributed by atoms with E-state index in [2.05, 4.69) is 42.1 Å². The van der Waals surface area contributed by atoms with E-state index in [1.165, 1.54) is 11.3 Å². The number of aromatic nitrogens is 2. The van der Waals surface area contributed by atoms with Crippen molar-refractivity contribution in [1.29, 1.82) is 5.26 Å². The summed E-state index contributed by atoms with van der Waals surface area (Å²) >= 11 is 4.65. The van der Waals surface area contributed by atoms with Gasteiger partial charge in [-0.1, -0.05) is 59.7 Å². The molecular weight excluding hydrogens is 492 g/mol. The van der Waals surface area contributed by atoms with Crippen LogP contribution in [-0.2, 0) is 4.79 Å². The molecule has 3 amide bonds. The Balaban J connectivity index is 1.66. The normalized spacial score (nSPS) is 12.3. The highest BCUT2D eigenvalue weighted by molar-refractivity contribution is 9.10. The smallest absolute Gasteiger partial charge is 0.319 e. The molecular formula is C22H21BrN6O2S. The van der Waals surface area contributed by atoms with Crippen LogP contribution in [0.4, 0.5) is 15.6 Å². The minimum Gasteiger partial charge on any atom is -0.326 e. The molecule has 2 atom stereocenters. The van der Waals surface area contributed by atoms with Gasteiger partial charge in [-0.3, -0.25) is 10.1 Å². The molecule has 0 aliphatic rings. The van der Waals surface area contributed by atoms with Crippen molar-refractivity contribution in [3.63, 3.8) is 0 Å². The minimum absolute atomic E-state index is 0.111. The van der Waals surface area contributed by atoms with Gasteiger partial charge in [-0.15, -0.1) is 10.2 Å². The number of halogens is 1. The molecule has 8 nitrogen and oxygen atoms in total. The molecule has 0 radical (unpaired) electrons. The van der Waals surface area contributed by atoms with E-state index in [1.807, 2.05) is 44.2 Å². The second-order valence-corrected chi connectivity index (χ2v) is 8.95. The van der Waals surface area contributed by atoms with Gasteiger partial charge in [0.1, 0.15) is 11.0 Å². The van der Waals surface area contributed by atoms with Crippen LogP contribution in [0.25, 0.3) is 10.6 Å². The summed E-state index contributed by atoms with van der Waals surface area (Å²) in [6.07, 6.45) is 0.690. The fourth-order valence-corrected chi connectivity index (χ4v) is 3.82. The van der Waals surface area contributed by atoms with Gasteiger partial charge in [0.15, 0.2) is 0 Å². The highest BCUT2D eigenvalue weighted by Crippen LogP contribution is 2.27. The van der Waals surface area contributed by atoms with Crippen molar-refractivity contribution in [2.45, 2.75) is 26.3 Å². The van der Waals surface area contributed by atoms with Crippen LogP contribution in [0.15, 0.2) is 53.0 Å². The van der Waals surface area contributed by atoms with E-state index in [4.69, 9.17) is 5.26 Å². The van der Waals surface area contributed by atoms with E-state index in [9.17, 15) is 9.59 Å². The minimum atomic E-state index is -0.765. The maximum Gasteiger partial charge on any atom is 0.319 e. The number of amides is 3. The number of hydrogen-bond acceptors (Lipinski definition) is 6.